The summed E-state index contributed by atoms with van der Waals surface area (Å²) in [5, 5.41) is 5.39. The van der Waals surface area contributed by atoms with E-state index in [1.807, 2.05) is 6.20 Å². The van der Waals surface area contributed by atoms with Gasteiger partial charge in [-0.1, -0.05) is 6.92 Å². The smallest absolute Gasteiger partial charge is 0.194 e. The molecule has 0 atom stereocenters. The zero-order chi connectivity index (χ0) is 12.1. The average molecular weight is 362 g/mol. The number of nitrogens with one attached hydrogen (secondary N) is 1. The zero-order valence-corrected chi connectivity index (χ0v) is 12.7. The topological polar surface area (TPSA) is 38.1 Å². The Labute approximate surface area is 119 Å². The molecule has 2 aromatic rings. The van der Waals surface area contributed by atoms with Crippen LogP contribution in [0.4, 0.5) is 0 Å². The molecule has 3 nitrogen and oxygen atoms in total. The molecular weight excluding hydrogens is 347 g/mol. The summed E-state index contributed by atoms with van der Waals surface area (Å²) in [5.41, 5.74) is 1.13. The fourth-order valence-electron chi connectivity index (χ4n) is 1.54. The van der Waals surface area contributed by atoms with Gasteiger partial charge in [-0.3, -0.25) is 0 Å². The molecule has 0 saturated carbocycles. The van der Waals surface area contributed by atoms with Crippen molar-refractivity contribution in [2.75, 3.05) is 13.1 Å². The zero-order valence-electron chi connectivity index (χ0n) is 9.70. The second kappa shape index (κ2) is 6.51. The summed E-state index contributed by atoms with van der Waals surface area (Å²) in [6.07, 6.45) is 3.78. The largest absolute Gasteiger partial charge is 0.441 e. The molecule has 92 valence electrons. The highest BCUT2D eigenvalue weighted by molar-refractivity contribution is 14.1. The van der Waals surface area contributed by atoms with Crippen molar-refractivity contribution in [2.24, 2.45) is 0 Å². The maximum absolute atomic E-state index is 5.73. The molecule has 2 heterocycles. The number of thiophene rings is 1. The minimum Gasteiger partial charge on any atom is -0.441 e. The van der Waals surface area contributed by atoms with Crippen LogP contribution < -0.4 is 5.32 Å². The lowest BCUT2D eigenvalue weighted by atomic mass is 10.3. The van der Waals surface area contributed by atoms with Gasteiger partial charge in [-0.15, -0.1) is 11.3 Å². The van der Waals surface area contributed by atoms with Crippen LogP contribution in [0.3, 0.4) is 0 Å². The molecule has 0 radical (unpaired) electrons. The molecule has 0 aromatic carbocycles. The van der Waals surface area contributed by atoms with E-state index >= 15 is 0 Å². The van der Waals surface area contributed by atoms with Crippen LogP contribution in [-0.4, -0.2) is 18.1 Å². The Kier molecular flexibility index (Phi) is 4.99. The van der Waals surface area contributed by atoms with Crippen molar-refractivity contribution in [1.29, 1.82) is 0 Å². The number of rotatable bonds is 6. The summed E-state index contributed by atoms with van der Waals surface area (Å²) < 4.78 is 6.99. The summed E-state index contributed by atoms with van der Waals surface area (Å²) in [7, 11) is 0. The van der Waals surface area contributed by atoms with Crippen molar-refractivity contribution in [3.05, 3.63) is 26.4 Å². The Bertz CT molecular complexity index is 467. The van der Waals surface area contributed by atoms with Crippen LogP contribution in [0.25, 0.3) is 11.3 Å². The monoisotopic (exact) mass is 362 g/mol. The van der Waals surface area contributed by atoms with Gasteiger partial charge >= 0.3 is 0 Å². The predicted molar refractivity (Wildman–Crippen MR) is 79.4 cm³/mol. The van der Waals surface area contributed by atoms with Gasteiger partial charge in [-0.05, 0) is 48.2 Å². The molecule has 0 spiro atoms. The highest BCUT2D eigenvalue weighted by Gasteiger charge is 2.07. The number of hydrogen-bond donors (Lipinski definition) is 1. The van der Waals surface area contributed by atoms with Gasteiger partial charge in [-0.2, -0.15) is 0 Å². The standard InChI is InChI=1S/C12H15IN2OS/c1-2-14-5-3-4-12-15-7-10(16-12)9-6-11(13)17-8-9/h6-8,14H,2-5H2,1H3. The summed E-state index contributed by atoms with van der Waals surface area (Å²) in [4.78, 5) is 4.31. The van der Waals surface area contributed by atoms with E-state index in [1.54, 1.807) is 11.3 Å². The second-order valence-electron chi connectivity index (χ2n) is 3.71. The van der Waals surface area contributed by atoms with E-state index in [4.69, 9.17) is 4.42 Å². The number of aromatic nitrogens is 1. The van der Waals surface area contributed by atoms with Gasteiger partial charge in [-0.25, -0.2) is 4.98 Å². The molecule has 5 heteroatoms. The van der Waals surface area contributed by atoms with E-state index in [0.717, 1.165) is 43.1 Å². The Morgan fingerprint density at radius 1 is 1.53 bits per heavy atom. The fraction of sp³-hybridized carbons (Fsp3) is 0.417. The maximum atomic E-state index is 5.73. The number of nitrogens with zero attached hydrogens (tertiary/aromatic N) is 1. The molecule has 0 amide bonds. The van der Waals surface area contributed by atoms with E-state index in [2.05, 4.69) is 51.3 Å². The van der Waals surface area contributed by atoms with E-state index in [-0.39, 0.29) is 0 Å². The van der Waals surface area contributed by atoms with Crippen molar-refractivity contribution < 1.29 is 4.42 Å². The SMILES string of the molecule is CCNCCCc1ncc(-c2csc(I)c2)o1. The summed E-state index contributed by atoms with van der Waals surface area (Å²) >= 11 is 4.04. The van der Waals surface area contributed by atoms with E-state index < -0.39 is 0 Å². The quantitative estimate of drug-likeness (QED) is 0.631. The minimum atomic E-state index is 0.833. The van der Waals surface area contributed by atoms with E-state index in [9.17, 15) is 0 Å². The highest BCUT2D eigenvalue weighted by Crippen LogP contribution is 2.27. The van der Waals surface area contributed by atoms with Crippen LogP contribution in [0.5, 0.6) is 0 Å². The Morgan fingerprint density at radius 2 is 2.41 bits per heavy atom. The molecule has 0 saturated heterocycles. The number of aryl methyl sites for hydroxylation is 1. The van der Waals surface area contributed by atoms with Crippen LogP contribution in [0, 0.1) is 2.88 Å². The van der Waals surface area contributed by atoms with Gasteiger partial charge in [0.2, 0.25) is 0 Å². The van der Waals surface area contributed by atoms with Crippen molar-refractivity contribution in [2.45, 2.75) is 19.8 Å². The van der Waals surface area contributed by atoms with Crippen molar-refractivity contribution in [1.82, 2.24) is 10.3 Å². The van der Waals surface area contributed by atoms with Gasteiger partial charge < -0.3 is 9.73 Å². The van der Waals surface area contributed by atoms with Gasteiger partial charge in [0.05, 0.1) is 9.08 Å². The molecule has 0 unspecified atom stereocenters. The molecule has 1 N–H and O–H groups in total. The van der Waals surface area contributed by atoms with E-state index in [0.29, 0.717) is 0 Å². The molecular formula is C12H15IN2OS. The first-order valence-electron chi connectivity index (χ1n) is 5.69. The molecule has 0 aliphatic carbocycles. The highest BCUT2D eigenvalue weighted by atomic mass is 127. The molecule has 0 fully saturated rings. The number of halogens is 1. The van der Waals surface area contributed by atoms with Crippen LogP contribution in [0.1, 0.15) is 19.2 Å². The normalized spacial score (nSPS) is 10.9. The van der Waals surface area contributed by atoms with Crippen LogP contribution in [0.15, 0.2) is 22.1 Å². The molecule has 2 aromatic heterocycles. The lowest BCUT2D eigenvalue weighted by Gasteiger charge is -1.98. The molecule has 0 bridgehead atoms. The van der Waals surface area contributed by atoms with Gasteiger partial charge in [0.15, 0.2) is 11.7 Å². The van der Waals surface area contributed by atoms with Crippen molar-refractivity contribution in [3.63, 3.8) is 0 Å². The van der Waals surface area contributed by atoms with Crippen LogP contribution >= 0.6 is 33.9 Å². The molecule has 17 heavy (non-hydrogen) atoms. The third-order valence-electron chi connectivity index (χ3n) is 2.40. The second-order valence-corrected chi connectivity index (χ2v) is 6.52. The van der Waals surface area contributed by atoms with Crippen LogP contribution in [-0.2, 0) is 6.42 Å². The first-order valence-corrected chi connectivity index (χ1v) is 7.65. The summed E-state index contributed by atoms with van der Waals surface area (Å²) in [6.45, 7) is 4.15. The first kappa shape index (κ1) is 13.0. The average Bonchev–Trinajstić information content (AvgIpc) is 2.93. The lowest BCUT2D eigenvalue weighted by molar-refractivity contribution is 0.493. The van der Waals surface area contributed by atoms with Crippen LogP contribution in [0.2, 0.25) is 0 Å². The Morgan fingerprint density at radius 3 is 3.12 bits per heavy atom. The van der Waals surface area contributed by atoms with E-state index in [1.165, 1.54) is 2.88 Å². The fourth-order valence-corrected chi connectivity index (χ4v) is 2.88. The number of hydrogen-bond acceptors (Lipinski definition) is 4. The Hall–Kier alpha value is -0.400. The molecule has 2 rings (SSSR count). The minimum absolute atomic E-state index is 0.833. The van der Waals surface area contributed by atoms with Gasteiger partial charge in [0.25, 0.3) is 0 Å². The summed E-state index contributed by atoms with van der Waals surface area (Å²) in [6, 6.07) is 2.12. The Balaban J connectivity index is 1.92. The third-order valence-corrected chi connectivity index (χ3v) is 4.19. The van der Waals surface area contributed by atoms with Gasteiger partial charge in [0.1, 0.15) is 0 Å². The summed E-state index contributed by atoms with van der Waals surface area (Å²) in [5.74, 6) is 1.71. The molecule has 0 aliphatic heterocycles. The predicted octanol–water partition coefficient (Wildman–Crippen LogP) is 3.55. The van der Waals surface area contributed by atoms with Gasteiger partial charge in [0, 0.05) is 17.4 Å². The number of oxazole rings is 1. The maximum Gasteiger partial charge on any atom is 0.194 e. The third kappa shape index (κ3) is 3.79. The first-order chi connectivity index (χ1) is 8.29. The molecule has 0 aliphatic rings. The lowest BCUT2D eigenvalue weighted by Crippen LogP contribution is -2.14. The van der Waals surface area contributed by atoms with Crippen molar-refractivity contribution in [3.8, 4) is 11.3 Å². The van der Waals surface area contributed by atoms with Crippen molar-refractivity contribution >= 4 is 33.9 Å².